The van der Waals surface area contributed by atoms with Crippen molar-refractivity contribution in [2.75, 3.05) is 19.5 Å². The van der Waals surface area contributed by atoms with Crippen LogP contribution in [0.1, 0.15) is 10.4 Å². The first-order valence-corrected chi connectivity index (χ1v) is 7.07. The van der Waals surface area contributed by atoms with Gasteiger partial charge in [-0.05, 0) is 23.8 Å². The number of rotatable bonds is 5. The lowest BCUT2D eigenvalue weighted by atomic mass is 10.2. The number of benzene rings is 2. The molecule has 2 aromatic carbocycles. The normalized spacial score (nSPS) is 10.4. The third kappa shape index (κ3) is 2.91. The lowest BCUT2D eigenvalue weighted by Gasteiger charge is -2.12. The minimum absolute atomic E-state index is 0.0811. The first-order valence-electron chi connectivity index (χ1n) is 7.07. The van der Waals surface area contributed by atoms with Crippen molar-refractivity contribution < 1.29 is 19.4 Å². The molecule has 0 aliphatic rings. The van der Waals surface area contributed by atoms with Crippen molar-refractivity contribution in [2.45, 2.75) is 0 Å². The second-order valence-corrected chi connectivity index (χ2v) is 4.94. The fourth-order valence-electron chi connectivity index (χ4n) is 2.34. The Balaban J connectivity index is 2.06. The van der Waals surface area contributed by atoms with Gasteiger partial charge in [0, 0.05) is 17.1 Å². The van der Waals surface area contributed by atoms with E-state index in [-0.39, 0.29) is 5.56 Å². The Morgan fingerprint density at radius 2 is 1.83 bits per heavy atom. The number of methoxy groups -OCH3 is 2. The predicted molar refractivity (Wildman–Crippen MR) is 86.7 cm³/mol. The number of carbonyl (C=O) groups is 1. The molecule has 0 atom stereocenters. The molecule has 3 aromatic rings. The monoisotopic (exact) mass is 324 g/mol. The summed E-state index contributed by atoms with van der Waals surface area (Å²) in [5, 5.41) is 14.8. The van der Waals surface area contributed by atoms with Crippen LogP contribution in [-0.4, -0.2) is 30.2 Å². The molecule has 0 aliphatic heterocycles. The fourth-order valence-corrected chi connectivity index (χ4v) is 2.34. The zero-order valence-corrected chi connectivity index (χ0v) is 13.1. The van der Waals surface area contributed by atoms with Crippen LogP contribution in [0.25, 0.3) is 10.9 Å². The molecule has 7 heteroatoms. The summed E-state index contributed by atoms with van der Waals surface area (Å²) in [6, 6.07) is 9.82. The molecular formula is C17H14N3O4-. The summed E-state index contributed by atoms with van der Waals surface area (Å²) in [4.78, 5) is 19.4. The van der Waals surface area contributed by atoms with Gasteiger partial charge in [0.05, 0.1) is 25.7 Å². The molecule has 0 saturated carbocycles. The Morgan fingerprint density at radius 1 is 1.08 bits per heavy atom. The summed E-state index contributed by atoms with van der Waals surface area (Å²) >= 11 is 0. The van der Waals surface area contributed by atoms with Gasteiger partial charge in [0.15, 0.2) is 11.5 Å². The minimum Gasteiger partial charge on any atom is -0.545 e. The van der Waals surface area contributed by atoms with Gasteiger partial charge in [-0.3, -0.25) is 0 Å². The van der Waals surface area contributed by atoms with Crippen molar-refractivity contribution in [3.05, 3.63) is 48.3 Å². The van der Waals surface area contributed by atoms with Crippen molar-refractivity contribution in [1.29, 1.82) is 0 Å². The molecule has 1 heterocycles. The molecule has 0 fully saturated rings. The van der Waals surface area contributed by atoms with E-state index in [1.807, 2.05) is 0 Å². The zero-order chi connectivity index (χ0) is 17.1. The molecule has 0 bridgehead atoms. The topological polar surface area (TPSA) is 96.4 Å². The number of anilines is 2. The molecule has 3 rings (SSSR count). The number of fused-ring (bicyclic) bond motifs is 1. The number of hydrogen-bond donors (Lipinski definition) is 1. The number of carboxylic acid groups (broad SMARTS) is 1. The van der Waals surface area contributed by atoms with Crippen molar-refractivity contribution in [3.8, 4) is 11.5 Å². The van der Waals surface area contributed by atoms with Crippen molar-refractivity contribution in [3.63, 3.8) is 0 Å². The maximum absolute atomic E-state index is 11.0. The largest absolute Gasteiger partial charge is 0.545 e. The Labute approximate surface area is 137 Å². The molecule has 1 N–H and O–H groups in total. The molecule has 0 amide bonds. The Morgan fingerprint density at radius 3 is 2.54 bits per heavy atom. The number of carbonyl (C=O) groups excluding carboxylic acids is 1. The Hall–Kier alpha value is -3.35. The van der Waals surface area contributed by atoms with E-state index < -0.39 is 5.97 Å². The van der Waals surface area contributed by atoms with Crippen LogP contribution in [0.3, 0.4) is 0 Å². The van der Waals surface area contributed by atoms with Gasteiger partial charge in [0.25, 0.3) is 0 Å². The van der Waals surface area contributed by atoms with Crippen LogP contribution in [0, 0.1) is 0 Å². The summed E-state index contributed by atoms with van der Waals surface area (Å²) in [6.07, 6.45) is 1.42. The van der Waals surface area contributed by atoms with Crippen LogP contribution in [0.4, 0.5) is 11.5 Å². The van der Waals surface area contributed by atoms with Gasteiger partial charge in [0.1, 0.15) is 12.1 Å². The SMILES string of the molecule is COc1cc2ncnc(Nc3cccc(C(=O)[O-])c3)c2cc1OC. The van der Waals surface area contributed by atoms with E-state index in [1.165, 1.54) is 18.5 Å². The second kappa shape index (κ2) is 6.41. The van der Waals surface area contributed by atoms with Gasteiger partial charge in [-0.1, -0.05) is 12.1 Å². The molecule has 0 aliphatic carbocycles. The molecule has 0 unspecified atom stereocenters. The highest BCUT2D eigenvalue weighted by Crippen LogP contribution is 2.34. The van der Waals surface area contributed by atoms with E-state index in [0.29, 0.717) is 33.9 Å². The smallest absolute Gasteiger partial charge is 0.162 e. The Kier molecular flexibility index (Phi) is 4.15. The zero-order valence-electron chi connectivity index (χ0n) is 13.1. The first-order chi connectivity index (χ1) is 11.6. The molecule has 7 nitrogen and oxygen atoms in total. The van der Waals surface area contributed by atoms with E-state index in [4.69, 9.17) is 9.47 Å². The molecular weight excluding hydrogens is 310 g/mol. The van der Waals surface area contributed by atoms with Gasteiger partial charge >= 0.3 is 0 Å². The quantitative estimate of drug-likeness (QED) is 0.763. The lowest BCUT2D eigenvalue weighted by molar-refractivity contribution is -0.255. The summed E-state index contributed by atoms with van der Waals surface area (Å²) in [5.74, 6) is 0.397. The van der Waals surface area contributed by atoms with Crippen LogP contribution >= 0.6 is 0 Å². The van der Waals surface area contributed by atoms with Gasteiger partial charge in [-0.2, -0.15) is 0 Å². The Bertz CT molecular complexity index is 911. The van der Waals surface area contributed by atoms with Gasteiger partial charge in [-0.15, -0.1) is 0 Å². The number of nitrogens with one attached hydrogen (secondary N) is 1. The summed E-state index contributed by atoms with van der Waals surface area (Å²) in [7, 11) is 3.10. The molecule has 24 heavy (non-hydrogen) atoms. The number of aromatic carboxylic acids is 1. The third-order valence-electron chi connectivity index (χ3n) is 3.50. The number of nitrogens with zero attached hydrogens (tertiary/aromatic N) is 2. The minimum atomic E-state index is -1.24. The van der Waals surface area contributed by atoms with E-state index in [1.54, 1.807) is 38.5 Å². The van der Waals surface area contributed by atoms with E-state index in [0.717, 1.165) is 0 Å². The highest BCUT2D eigenvalue weighted by atomic mass is 16.5. The van der Waals surface area contributed by atoms with Crippen molar-refractivity contribution in [1.82, 2.24) is 9.97 Å². The maximum atomic E-state index is 11.0. The number of hydrogen-bond acceptors (Lipinski definition) is 7. The molecule has 122 valence electrons. The van der Waals surface area contributed by atoms with E-state index >= 15 is 0 Å². The average molecular weight is 324 g/mol. The van der Waals surface area contributed by atoms with Gasteiger partial charge < -0.3 is 24.7 Å². The highest BCUT2D eigenvalue weighted by molar-refractivity contribution is 5.93. The summed E-state index contributed by atoms with van der Waals surface area (Å²) in [6.45, 7) is 0. The lowest BCUT2D eigenvalue weighted by Crippen LogP contribution is -2.22. The first kappa shape index (κ1) is 15.5. The second-order valence-electron chi connectivity index (χ2n) is 4.94. The number of ether oxygens (including phenoxy) is 2. The molecule has 1 aromatic heterocycles. The standard InChI is InChI=1S/C17H15N3O4/c1-23-14-7-12-13(8-15(14)24-2)18-9-19-16(12)20-11-5-3-4-10(6-11)17(21)22/h3-9H,1-2H3,(H,21,22)(H,18,19,20)/p-1. The number of aromatic nitrogens is 2. The average Bonchev–Trinajstić information content (AvgIpc) is 2.61. The molecule has 0 saturated heterocycles. The van der Waals surface area contributed by atoms with Crippen LogP contribution in [0.15, 0.2) is 42.7 Å². The molecule has 0 radical (unpaired) electrons. The summed E-state index contributed by atoms with van der Waals surface area (Å²) < 4.78 is 10.6. The highest BCUT2D eigenvalue weighted by Gasteiger charge is 2.11. The van der Waals surface area contributed by atoms with E-state index in [2.05, 4.69) is 15.3 Å². The van der Waals surface area contributed by atoms with Crippen LogP contribution in [0.5, 0.6) is 11.5 Å². The molecule has 0 spiro atoms. The fraction of sp³-hybridized carbons (Fsp3) is 0.118. The maximum Gasteiger partial charge on any atom is 0.162 e. The van der Waals surface area contributed by atoms with Crippen LogP contribution in [0.2, 0.25) is 0 Å². The summed E-state index contributed by atoms with van der Waals surface area (Å²) in [5.41, 5.74) is 1.32. The van der Waals surface area contributed by atoms with Crippen molar-refractivity contribution in [2.24, 2.45) is 0 Å². The van der Waals surface area contributed by atoms with Crippen LogP contribution < -0.4 is 19.9 Å². The van der Waals surface area contributed by atoms with E-state index in [9.17, 15) is 9.90 Å². The van der Waals surface area contributed by atoms with Crippen LogP contribution in [-0.2, 0) is 0 Å². The number of carboxylic acids is 1. The third-order valence-corrected chi connectivity index (χ3v) is 3.50. The predicted octanol–water partition coefficient (Wildman–Crippen LogP) is 1.75. The van der Waals surface area contributed by atoms with Gasteiger partial charge in [0.2, 0.25) is 0 Å². The van der Waals surface area contributed by atoms with Gasteiger partial charge in [-0.25, -0.2) is 9.97 Å². The van der Waals surface area contributed by atoms with Crippen molar-refractivity contribution >= 4 is 28.4 Å².